The molecule has 0 spiro atoms. The average Bonchev–Trinajstić information content (AvgIpc) is 2.92. The first-order valence-corrected chi connectivity index (χ1v) is 6.84. The summed E-state index contributed by atoms with van der Waals surface area (Å²) in [4.78, 5) is 4.77. The van der Waals surface area contributed by atoms with Crippen LogP contribution in [-0.2, 0) is 20.6 Å². The van der Waals surface area contributed by atoms with Gasteiger partial charge in [-0.2, -0.15) is 0 Å². The molecule has 0 aliphatic heterocycles. The van der Waals surface area contributed by atoms with Crippen LogP contribution in [0.3, 0.4) is 0 Å². The molecule has 1 N–H and O–H groups in total. The van der Waals surface area contributed by atoms with Gasteiger partial charge in [0, 0.05) is 43.3 Å². The molecule has 0 bridgehead atoms. The van der Waals surface area contributed by atoms with Gasteiger partial charge in [0.05, 0.1) is 11.4 Å². The zero-order valence-electron chi connectivity index (χ0n) is 12.4. The lowest BCUT2D eigenvalue weighted by Crippen LogP contribution is -2.10. The zero-order chi connectivity index (χ0) is 14.3. The van der Waals surface area contributed by atoms with Crippen LogP contribution in [0.2, 0.25) is 0 Å². The number of rotatable bonds is 3. The molecule has 0 aliphatic rings. The summed E-state index contributed by atoms with van der Waals surface area (Å²) in [6, 6.07) is 8.47. The number of fused-ring (bicyclic) bond motifs is 1. The molecule has 2 aromatic heterocycles. The highest BCUT2D eigenvalue weighted by Crippen LogP contribution is 2.31. The van der Waals surface area contributed by atoms with E-state index in [1.165, 1.54) is 22.2 Å². The summed E-state index contributed by atoms with van der Waals surface area (Å²) in [7, 11) is 6.12. The maximum absolute atomic E-state index is 4.77. The average molecular weight is 268 g/mol. The first-order chi connectivity index (χ1) is 9.63. The number of benzene rings is 1. The molecule has 0 amide bonds. The van der Waals surface area contributed by atoms with Crippen molar-refractivity contribution in [1.29, 1.82) is 0 Å². The van der Waals surface area contributed by atoms with Crippen LogP contribution in [0.15, 0.2) is 30.5 Å². The van der Waals surface area contributed by atoms with E-state index < -0.39 is 0 Å². The lowest BCUT2D eigenvalue weighted by molar-refractivity contribution is 0.722. The smallest absolute Gasteiger partial charge is 0.106 e. The molecule has 0 saturated heterocycles. The Kier molecular flexibility index (Phi) is 3.10. The quantitative estimate of drug-likeness (QED) is 0.792. The van der Waals surface area contributed by atoms with Gasteiger partial charge >= 0.3 is 0 Å². The van der Waals surface area contributed by atoms with Crippen LogP contribution in [0.5, 0.6) is 0 Å². The first kappa shape index (κ1) is 12.9. The van der Waals surface area contributed by atoms with Gasteiger partial charge in [-0.25, -0.2) is 4.98 Å². The largest absolute Gasteiger partial charge is 0.350 e. The fraction of sp³-hybridized carbons (Fsp3) is 0.312. The van der Waals surface area contributed by atoms with E-state index in [0.29, 0.717) is 0 Å². The first-order valence-electron chi connectivity index (χ1n) is 6.84. The predicted molar refractivity (Wildman–Crippen MR) is 82.6 cm³/mol. The summed E-state index contributed by atoms with van der Waals surface area (Å²) in [6.45, 7) is 2.86. The molecular weight excluding hydrogens is 248 g/mol. The highest BCUT2D eigenvalue weighted by molar-refractivity contribution is 5.95. The van der Waals surface area contributed by atoms with E-state index in [9.17, 15) is 0 Å². The van der Waals surface area contributed by atoms with Crippen LogP contribution in [0.1, 0.15) is 11.5 Å². The Hall–Kier alpha value is -2.07. The Balaban J connectivity index is 2.28. The highest BCUT2D eigenvalue weighted by Gasteiger charge is 2.17. The topological polar surface area (TPSA) is 34.8 Å². The summed E-state index contributed by atoms with van der Waals surface area (Å²) in [6.07, 6.45) is 2.17. The van der Waals surface area contributed by atoms with E-state index in [0.717, 1.165) is 18.1 Å². The highest BCUT2D eigenvalue weighted by atomic mass is 15.1. The minimum absolute atomic E-state index is 0.815. The van der Waals surface area contributed by atoms with Crippen molar-refractivity contribution in [2.45, 2.75) is 13.5 Å². The second kappa shape index (κ2) is 4.80. The number of hydrogen-bond donors (Lipinski definition) is 1. The lowest BCUT2D eigenvalue weighted by atomic mass is 10.1. The molecule has 2 heterocycles. The van der Waals surface area contributed by atoms with Crippen LogP contribution in [0, 0.1) is 6.92 Å². The van der Waals surface area contributed by atoms with Gasteiger partial charge in [-0.05, 0) is 20.0 Å². The summed E-state index contributed by atoms with van der Waals surface area (Å²) in [5.74, 6) is 1.04. The van der Waals surface area contributed by atoms with Crippen molar-refractivity contribution in [3.05, 3.63) is 42.0 Å². The van der Waals surface area contributed by atoms with Gasteiger partial charge in [0.1, 0.15) is 5.82 Å². The Morgan fingerprint density at radius 3 is 2.70 bits per heavy atom. The van der Waals surface area contributed by atoms with Crippen LogP contribution >= 0.6 is 0 Å². The monoisotopic (exact) mass is 268 g/mol. The Morgan fingerprint density at radius 2 is 1.95 bits per heavy atom. The maximum Gasteiger partial charge on any atom is 0.106 e. The van der Waals surface area contributed by atoms with Gasteiger partial charge in [-0.1, -0.05) is 18.2 Å². The van der Waals surface area contributed by atoms with Gasteiger partial charge in [-0.15, -0.1) is 0 Å². The summed E-state index contributed by atoms with van der Waals surface area (Å²) < 4.78 is 4.32. The number of nitrogens with zero attached hydrogens (tertiary/aromatic N) is 3. The number of nitrogens with one attached hydrogen (secondary N) is 1. The third-order valence-corrected chi connectivity index (χ3v) is 3.93. The molecule has 104 valence electrons. The van der Waals surface area contributed by atoms with Gasteiger partial charge in [0.2, 0.25) is 0 Å². The SMILES string of the molecule is CNCc1c(-c2cn(C)c3ccccc23)nc(C)n1C. The minimum atomic E-state index is 0.815. The summed E-state index contributed by atoms with van der Waals surface area (Å²) >= 11 is 0. The molecule has 3 aromatic rings. The van der Waals surface area contributed by atoms with Crippen molar-refractivity contribution < 1.29 is 0 Å². The van der Waals surface area contributed by atoms with Crippen molar-refractivity contribution in [1.82, 2.24) is 19.4 Å². The van der Waals surface area contributed by atoms with E-state index in [2.05, 4.69) is 59.0 Å². The van der Waals surface area contributed by atoms with E-state index >= 15 is 0 Å². The molecule has 0 aliphatic carbocycles. The third kappa shape index (κ3) is 1.84. The van der Waals surface area contributed by atoms with Crippen LogP contribution in [-0.4, -0.2) is 21.2 Å². The van der Waals surface area contributed by atoms with Gasteiger partial charge in [-0.3, -0.25) is 0 Å². The molecule has 4 nitrogen and oxygen atoms in total. The van der Waals surface area contributed by atoms with E-state index in [-0.39, 0.29) is 0 Å². The fourth-order valence-corrected chi connectivity index (χ4v) is 2.77. The summed E-state index contributed by atoms with van der Waals surface area (Å²) in [5.41, 5.74) is 4.75. The second-order valence-corrected chi connectivity index (χ2v) is 5.21. The third-order valence-electron chi connectivity index (χ3n) is 3.93. The lowest BCUT2D eigenvalue weighted by Gasteiger charge is -2.05. The maximum atomic E-state index is 4.77. The van der Waals surface area contributed by atoms with Gasteiger partial charge in [0.15, 0.2) is 0 Å². The molecular formula is C16H20N4. The van der Waals surface area contributed by atoms with Crippen LogP contribution in [0.4, 0.5) is 0 Å². The predicted octanol–water partition coefficient (Wildman–Crippen LogP) is 2.61. The summed E-state index contributed by atoms with van der Waals surface area (Å²) in [5, 5.41) is 4.49. The molecule has 0 saturated carbocycles. The van der Waals surface area contributed by atoms with E-state index in [1.54, 1.807) is 0 Å². The Bertz CT molecular complexity index is 764. The van der Waals surface area contributed by atoms with Crippen molar-refractivity contribution in [3.8, 4) is 11.3 Å². The molecule has 20 heavy (non-hydrogen) atoms. The van der Waals surface area contributed by atoms with Gasteiger partial charge < -0.3 is 14.5 Å². The molecule has 3 rings (SSSR count). The van der Waals surface area contributed by atoms with Crippen molar-refractivity contribution in [3.63, 3.8) is 0 Å². The number of hydrogen-bond acceptors (Lipinski definition) is 2. The van der Waals surface area contributed by atoms with Gasteiger partial charge in [0.25, 0.3) is 0 Å². The molecule has 0 atom stereocenters. The van der Waals surface area contributed by atoms with Crippen molar-refractivity contribution in [2.24, 2.45) is 14.1 Å². The number of aryl methyl sites for hydroxylation is 2. The van der Waals surface area contributed by atoms with Crippen LogP contribution in [0.25, 0.3) is 22.2 Å². The second-order valence-electron chi connectivity index (χ2n) is 5.21. The molecule has 0 fully saturated rings. The fourth-order valence-electron chi connectivity index (χ4n) is 2.77. The Labute approximate surface area is 119 Å². The van der Waals surface area contributed by atoms with Crippen molar-refractivity contribution >= 4 is 10.9 Å². The Morgan fingerprint density at radius 1 is 1.20 bits per heavy atom. The van der Waals surface area contributed by atoms with Crippen molar-refractivity contribution in [2.75, 3.05) is 7.05 Å². The van der Waals surface area contributed by atoms with E-state index in [1.807, 2.05) is 14.0 Å². The zero-order valence-corrected chi connectivity index (χ0v) is 12.4. The normalized spacial score (nSPS) is 11.4. The van der Waals surface area contributed by atoms with Crippen LogP contribution < -0.4 is 5.32 Å². The molecule has 0 unspecified atom stereocenters. The number of aromatic nitrogens is 3. The molecule has 1 aromatic carbocycles. The number of imidazole rings is 1. The minimum Gasteiger partial charge on any atom is -0.350 e. The van der Waals surface area contributed by atoms with E-state index in [4.69, 9.17) is 4.98 Å². The number of para-hydroxylation sites is 1. The standard InChI is InChI=1S/C16H20N4/c1-11-18-16(15(9-17-2)20(11)4)13-10-19(3)14-8-6-5-7-12(13)14/h5-8,10,17H,9H2,1-4H3. The molecule has 0 radical (unpaired) electrons. The molecule has 4 heteroatoms.